The van der Waals surface area contributed by atoms with Crippen LogP contribution >= 0.6 is 11.6 Å². The van der Waals surface area contributed by atoms with Gasteiger partial charge >= 0.3 is 0 Å². The van der Waals surface area contributed by atoms with Crippen LogP contribution in [0.15, 0.2) is 48.5 Å². The molecule has 1 amide bonds. The summed E-state index contributed by atoms with van der Waals surface area (Å²) in [5.41, 5.74) is 0. The molecule has 1 heterocycles. The average molecular weight is 334 g/mol. The van der Waals surface area contributed by atoms with Gasteiger partial charge in [0.05, 0.1) is 11.6 Å². The summed E-state index contributed by atoms with van der Waals surface area (Å²) < 4.78 is 16.7. The maximum Gasteiger partial charge on any atom is 0.258 e. The SMILES string of the molecule is O=C(COc1ccccc1Cl)NC[C@H]1COc2ccccc2O1. The van der Waals surface area contributed by atoms with Crippen molar-refractivity contribution in [1.29, 1.82) is 0 Å². The molecule has 0 unspecified atom stereocenters. The fourth-order valence-corrected chi connectivity index (χ4v) is 2.34. The van der Waals surface area contributed by atoms with Crippen molar-refractivity contribution >= 4 is 17.5 Å². The quantitative estimate of drug-likeness (QED) is 0.914. The first-order valence-electron chi connectivity index (χ1n) is 7.25. The number of benzene rings is 2. The van der Waals surface area contributed by atoms with Crippen LogP contribution < -0.4 is 19.5 Å². The summed E-state index contributed by atoms with van der Waals surface area (Å²) in [7, 11) is 0. The zero-order valence-corrected chi connectivity index (χ0v) is 13.1. The predicted octanol–water partition coefficient (Wildman–Crippen LogP) is 2.68. The van der Waals surface area contributed by atoms with E-state index in [0.717, 1.165) is 5.75 Å². The molecular formula is C17H16ClNO4. The summed E-state index contributed by atoms with van der Waals surface area (Å²) >= 11 is 5.96. The summed E-state index contributed by atoms with van der Waals surface area (Å²) in [5.74, 6) is 1.64. The van der Waals surface area contributed by atoms with E-state index in [9.17, 15) is 4.79 Å². The Labute approximate surface area is 139 Å². The van der Waals surface area contributed by atoms with Gasteiger partial charge in [-0.2, -0.15) is 0 Å². The largest absolute Gasteiger partial charge is 0.486 e. The van der Waals surface area contributed by atoms with Crippen LogP contribution in [0.1, 0.15) is 0 Å². The van der Waals surface area contributed by atoms with Gasteiger partial charge in [-0.05, 0) is 24.3 Å². The van der Waals surface area contributed by atoms with Crippen molar-refractivity contribution in [2.24, 2.45) is 0 Å². The number of hydrogen-bond acceptors (Lipinski definition) is 4. The minimum atomic E-state index is -0.243. The number of fused-ring (bicyclic) bond motifs is 1. The normalized spacial score (nSPS) is 15.8. The van der Waals surface area contributed by atoms with E-state index in [4.69, 9.17) is 25.8 Å². The average Bonchev–Trinajstić information content (AvgIpc) is 2.59. The lowest BCUT2D eigenvalue weighted by molar-refractivity contribution is -0.123. The molecule has 5 nitrogen and oxygen atoms in total. The van der Waals surface area contributed by atoms with E-state index < -0.39 is 0 Å². The van der Waals surface area contributed by atoms with Gasteiger partial charge in [0.25, 0.3) is 5.91 Å². The molecule has 0 radical (unpaired) electrons. The number of para-hydroxylation sites is 3. The molecule has 2 aromatic carbocycles. The standard InChI is InChI=1S/C17H16ClNO4/c18-13-5-1-2-6-14(13)22-11-17(20)19-9-12-10-21-15-7-3-4-8-16(15)23-12/h1-8,12H,9-11H2,(H,19,20)/t12-/m0/s1. The van der Waals surface area contributed by atoms with E-state index in [1.807, 2.05) is 24.3 Å². The molecule has 0 aliphatic carbocycles. The monoisotopic (exact) mass is 333 g/mol. The molecule has 6 heteroatoms. The van der Waals surface area contributed by atoms with Gasteiger partial charge < -0.3 is 19.5 Å². The van der Waals surface area contributed by atoms with Gasteiger partial charge in [0.15, 0.2) is 18.1 Å². The molecule has 2 aromatic rings. The second kappa shape index (κ2) is 7.24. The number of halogens is 1. The van der Waals surface area contributed by atoms with Crippen molar-refractivity contribution in [3.63, 3.8) is 0 Å². The van der Waals surface area contributed by atoms with Crippen molar-refractivity contribution < 1.29 is 19.0 Å². The van der Waals surface area contributed by atoms with E-state index in [0.29, 0.717) is 29.7 Å². The molecular weight excluding hydrogens is 318 g/mol. The molecule has 1 aliphatic heterocycles. The molecule has 0 saturated heterocycles. The third kappa shape index (κ3) is 4.07. The van der Waals surface area contributed by atoms with Crippen molar-refractivity contribution in [3.05, 3.63) is 53.6 Å². The van der Waals surface area contributed by atoms with E-state index in [1.54, 1.807) is 24.3 Å². The molecule has 23 heavy (non-hydrogen) atoms. The molecule has 1 atom stereocenters. The number of rotatable bonds is 5. The van der Waals surface area contributed by atoms with Crippen molar-refractivity contribution in [2.75, 3.05) is 19.8 Å². The summed E-state index contributed by atoms with van der Waals surface area (Å²) in [5, 5.41) is 3.23. The summed E-state index contributed by atoms with van der Waals surface area (Å²) in [6, 6.07) is 14.5. The predicted molar refractivity (Wildman–Crippen MR) is 86.3 cm³/mol. The number of carbonyl (C=O) groups is 1. The molecule has 1 aliphatic rings. The van der Waals surface area contributed by atoms with Crippen LogP contribution in [0.3, 0.4) is 0 Å². The summed E-state index contributed by atoms with van der Waals surface area (Å²) in [6.45, 7) is 0.635. The van der Waals surface area contributed by atoms with Crippen LogP contribution in [0.25, 0.3) is 0 Å². The Morgan fingerprint density at radius 3 is 2.74 bits per heavy atom. The summed E-state index contributed by atoms with van der Waals surface area (Å²) in [6.07, 6.45) is -0.228. The lowest BCUT2D eigenvalue weighted by atomic mass is 10.2. The topological polar surface area (TPSA) is 56.8 Å². The third-order valence-electron chi connectivity index (χ3n) is 3.29. The van der Waals surface area contributed by atoms with Gasteiger partial charge in [-0.15, -0.1) is 0 Å². The van der Waals surface area contributed by atoms with Gasteiger partial charge in [-0.3, -0.25) is 4.79 Å². The maximum atomic E-state index is 11.8. The molecule has 0 aromatic heterocycles. The highest BCUT2D eigenvalue weighted by Crippen LogP contribution is 2.30. The highest BCUT2D eigenvalue weighted by atomic mass is 35.5. The number of hydrogen-bond donors (Lipinski definition) is 1. The smallest absolute Gasteiger partial charge is 0.258 e. The van der Waals surface area contributed by atoms with Crippen LogP contribution in [0.2, 0.25) is 5.02 Å². The van der Waals surface area contributed by atoms with Gasteiger partial charge in [0, 0.05) is 0 Å². The Morgan fingerprint density at radius 1 is 1.17 bits per heavy atom. The Balaban J connectivity index is 1.44. The first-order chi connectivity index (χ1) is 11.2. The minimum Gasteiger partial charge on any atom is -0.486 e. The number of ether oxygens (including phenoxy) is 3. The molecule has 1 N–H and O–H groups in total. The van der Waals surface area contributed by atoms with E-state index in [1.165, 1.54) is 0 Å². The van der Waals surface area contributed by atoms with Crippen molar-refractivity contribution in [3.8, 4) is 17.2 Å². The fraction of sp³-hybridized carbons (Fsp3) is 0.235. The minimum absolute atomic E-state index is 0.103. The fourth-order valence-electron chi connectivity index (χ4n) is 2.15. The Kier molecular flexibility index (Phi) is 4.88. The molecule has 120 valence electrons. The zero-order valence-electron chi connectivity index (χ0n) is 12.3. The molecule has 0 saturated carbocycles. The van der Waals surface area contributed by atoms with Crippen LogP contribution in [0.4, 0.5) is 0 Å². The lowest BCUT2D eigenvalue weighted by Gasteiger charge is -2.26. The lowest BCUT2D eigenvalue weighted by Crippen LogP contribution is -2.42. The second-order valence-corrected chi connectivity index (χ2v) is 5.43. The van der Waals surface area contributed by atoms with Crippen LogP contribution in [-0.2, 0) is 4.79 Å². The summed E-state index contributed by atoms with van der Waals surface area (Å²) in [4.78, 5) is 11.8. The maximum absolute atomic E-state index is 11.8. The molecule has 0 spiro atoms. The first-order valence-corrected chi connectivity index (χ1v) is 7.62. The van der Waals surface area contributed by atoms with Crippen molar-refractivity contribution in [2.45, 2.75) is 6.10 Å². The van der Waals surface area contributed by atoms with Gasteiger partial charge in [0.1, 0.15) is 18.5 Å². The first kappa shape index (κ1) is 15.5. The van der Waals surface area contributed by atoms with Crippen LogP contribution in [0, 0.1) is 0 Å². The molecule has 0 fully saturated rings. The molecule has 3 rings (SSSR count). The van der Waals surface area contributed by atoms with Gasteiger partial charge in [0.2, 0.25) is 0 Å². The Bertz CT molecular complexity index is 692. The number of amides is 1. The van der Waals surface area contributed by atoms with Gasteiger partial charge in [-0.25, -0.2) is 0 Å². The van der Waals surface area contributed by atoms with Crippen LogP contribution in [0.5, 0.6) is 17.2 Å². The third-order valence-corrected chi connectivity index (χ3v) is 3.60. The van der Waals surface area contributed by atoms with E-state index >= 15 is 0 Å². The van der Waals surface area contributed by atoms with E-state index in [2.05, 4.69) is 5.32 Å². The van der Waals surface area contributed by atoms with Gasteiger partial charge in [-0.1, -0.05) is 35.9 Å². The highest BCUT2D eigenvalue weighted by Gasteiger charge is 2.21. The Hall–Kier alpha value is -2.40. The molecule has 0 bridgehead atoms. The highest BCUT2D eigenvalue weighted by molar-refractivity contribution is 6.32. The van der Waals surface area contributed by atoms with Crippen molar-refractivity contribution in [1.82, 2.24) is 5.32 Å². The second-order valence-electron chi connectivity index (χ2n) is 5.02. The zero-order chi connectivity index (χ0) is 16.1. The van der Waals surface area contributed by atoms with Crippen LogP contribution in [-0.4, -0.2) is 31.8 Å². The number of carbonyl (C=O) groups excluding carboxylic acids is 1. The Morgan fingerprint density at radius 2 is 1.91 bits per heavy atom. The van der Waals surface area contributed by atoms with E-state index in [-0.39, 0.29) is 18.6 Å². The number of nitrogens with one attached hydrogen (secondary N) is 1.